The summed E-state index contributed by atoms with van der Waals surface area (Å²) in [5.74, 6) is 0.665. The molecule has 1 rings (SSSR count). The van der Waals surface area contributed by atoms with Crippen LogP contribution in [0.3, 0.4) is 0 Å². The Hall–Kier alpha value is -0.0800. The van der Waals surface area contributed by atoms with Gasteiger partial charge in [-0.1, -0.05) is 26.2 Å². The standard InChI is InChI=1S/C10H20O2/c1-3-10(2,12)9(11)7-8-5-4-6-8/h8-9,11-12H,3-7H2,1-2H3. The third-order valence-electron chi connectivity index (χ3n) is 3.22. The van der Waals surface area contributed by atoms with Crippen LogP contribution >= 0.6 is 0 Å². The Kier molecular flexibility index (Phi) is 3.13. The number of aliphatic hydroxyl groups excluding tert-OH is 1. The predicted molar refractivity (Wildman–Crippen MR) is 48.9 cm³/mol. The van der Waals surface area contributed by atoms with Gasteiger partial charge in [-0.3, -0.25) is 0 Å². The lowest BCUT2D eigenvalue weighted by Crippen LogP contribution is -2.40. The second kappa shape index (κ2) is 3.75. The van der Waals surface area contributed by atoms with Crippen LogP contribution in [0.1, 0.15) is 46.0 Å². The first-order chi connectivity index (χ1) is 5.56. The minimum absolute atomic E-state index is 0.534. The van der Waals surface area contributed by atoms with Gasteiger partial charge in [0.2, 0.25) is 0 Å². The fraction of sp³-hybridized carbons (Fsp3) is 1.00. The van der Waals surface area contributed by atoms with Crippen molar-refractivity contribution >= 4 is 0 Å². The molecular formula is C10H20O2. The lowest BCUT2D eigenvalue weighted by atomic mass is 9.78. The van der Waals surface area contributed by atoms with Crippen molar-refractivity contribution in [3.05, 3.63) is 0 Å². The molecule has 0 radical (unpaired) electrons. The van der Waals surface area contributed by atoms with Crippen molar-refractivity contribution in [2.75, 3.05) is 0 Å². The average molecular weight is 172 g/mol. The van der Waals surface area contributed by atoms with Crippen LogP contribution in [-0.2, 0) is 0 Å². The van der Waals surface area contributed by atoms with Crippen molar-refractivity contribution < 1.29 is 10.2 Å². The molecule has 0 amide bonds. The topological polar surface area (TPSA) is 40.5 Å². The highest BCUT2D eigenvalue weighted by Crippen LogP contribution is 2.33. The summed E-state index contributed by atoms with van der Waals surface area (Å²) in [5.41, 5.74) is -0.879. The van der Waals surface area contributed by atoms with E-state index in [1.54, 1.807) is 6.92 Å². The Bertz CT molecular complexity index is 139. The second-order valence-electron chi connectivity index (χ2n) is 4.26. The van der Waals surface area contributed by atoms with E-state index in [9.17, 15) is 10.2 Å². The van der Waals surface area contributed by atoms with Crippen molar-refractivity contribution in [1.29, 1.82) is 0 Å². The highest BCUT2D eigenvalue weighted by Gasteiger charge is 2.31. The van der Waals surface area contributed by atoms with Crippen molar-refractivity contribution in [1.82, 2.24) is 0 Å². The molecule has 0 spiro atoms. The van der Waals surface area contributed by atoms with Gasteiger partial charge in [-0.2, -0.15) is 0 Å². The molecule has 1 saturated carbocycles. The van der Waals surface area contributed by atoms with Gasteiger partial charge in [-0.25, -0.2) is 0 Å². The average Bonchev–Trinajstić information content (AvgIpc) is 1.96. The van der Waals surface area contributed by atoms with Crippen LogP contribution in [0.15, 0.2) is 0 Å². The first-order valence-electron chi connectivity index (χ1n) is 4.96. The molecule has 1 aliphatic rings. The first kappa shape index (κ1) is 10.0. The summed E-state index contributed by atoms with van der Waals surface area (Å²) in [6.07, 6.45) is 4.63. The van der Waals surface area contributed by atoms with Gasteiger partial charge in [-0.15, -0.1) is 0 Å². The lowest BCUT2D eigenvalue weighted by Gasteiger charge is -2.34. The molecule has 0 bridgehead atoms. The molecule has 2 N–H and O–H groups in total. The van der Waals surface area contributed by atoms with E-state index in [0.29, 0.717) is 12.3 Å². The maximum atomic E-state index is 9.71. The zero-order valence-electron chi connectivity index (χ0n) is 8.08. The van der Waals surface area contributed by atoms with Crippen LogP contribution < -0.4 is 0 Å². The molecule has 0 heterocycles. The lowest BCUT2D eigenvalue weighted by molar-refractivity contribution is -0.0774. The van der Waals surface area contributed by atoms with Crippen LogP contribution in [-0.4, -0.2) is 21.9 Å². The maximum Gasteiger partial charge on any atom is 0.0875 e. The Morgan fingerprint density at radius 1 is 1.50 bits per heavy atom. The largest absolute Gasteiger partial charge is 0.390 e. The van der Waals surface area contributed by atoms with Crippen molar-refractivity contribution in [3.8, 4) is 0 Å². The molecule has 2 heteroatoms. The van der Waals surface area contributed by atoms with Crippen LogP contribution in [0.25, 0.3) is 0 Å². The SMILES string of the molecule is CCC(C)(O)C(O)CC1CCC1. The maximum absolute atomic E-state index is 9.71. The van der Waals surface area contributed by atoms with Crippen molar-refractivity contribution in [3.63, 3.8) is 0 Å². The Labute approximate surface area is 74.6 Å². The summed E-state index contributed by atoms with van der Waals surface area (Å²) >= 11 is 0. The third kappa shape index (κ3) is 2.20. The Morgan fingerprint density at radius 2 is 2.08 bits per heavy atom. The normalized spacial score (nSPS) is 26.0. The molecule has 0 aliphatic heterocycles. The number of rotatable bonds is 4. The van der Waals surface area contributed by atoms with Gasteiger partial charge in [-0.05, 0) is 25.7 Å². The van der Waals surface area contributed by atoms with E-state index < -0.39 is 11.7 Å². The summed E-state index contributed by atoms with van der Waals surface area (Å²) in [5, 5.41) is 19.4. The van der Waals surface area contributed by atoms with Gasteiger partial charge in [0, 0.05) is 0 Å². The van der Waals surface area contributed by atoms with Crippen LogP contribution in [0.5, 0.6) is 0 Å². The molecule has 1 fully saturated rings. The smallest absolute Gasteiger partial charge is 0.0875 e. The molecule has 1 aliphatic carbocycles. The predicted octanol–water partition coefficient (Wildman–Crippen LogP) is 1.70. The minimum atomic E-state index is -0.879. The van der Waals surface area contributed by atoms with E-state index in [4.69, 9.17) is 0 Å². The molecule has 2 atom stereocenters. The summed E-state index contributed by atoms with van der Waals surface area (Å²) in [4.78, 5) is 0. The molecule has 12 heavy (non-hydrogen) atoms. The number of hydrogen-bond acceptors (Lipinski definition) is 2. The molecule has 0 aromatic heterocycles. The van der Waals surface area contributed by atoms with Crippen LogP contribution in [0, 0.1) is 5.92 Å². The summed E-state index contributed by atoms with van der Waals surface area (Å²) in [6.45, 7) is 3.63. The van der Waals surface area contributed by atoms with E-state index in [-0.39, 0.29) is 0 Å². The van der Waals surface area contributed by atoms with Crippen LogP contribution in [0.2, 0.25) is 0 Å². The first-order valence-corrected chi connectivity index (χ1v) is 4.96. The monoisotopic (exact) mass is 172 g/mol. The number of hydrogen-bond donors (Lipinski definition) is 2. The van der Waals surface area contributed by atoms with E-state index in [2.05, 4.69) is 0 Å². The van der Waals surface area contributed by atoms with Crippen molar-refractivity contribution in [2.24, 2.45) is 5.92 Å². The zero-order chi connectivity index (χ0) is 9.19. The third-order valence-corrected chi connectivity index (χ3v) is 3.22. The molecular weight excluding hydrogens is 152 g/mol. The van der Waals surface area contributed by atoms with Crippen LogP contribution in [0.4, 0.5) is 0 Å². The van der Waals surface area contributed by atoms with Gasteiger partial charge in [0.25, 0.3) is 0 Å². The van der Waals surface area contributed by atoms with Gasteiger partial charge in [0.05, 0.1) is 11.7 Å². The Balaban J connectivity index is 2.30. The van der Waals surface area contributed by atoms with E-state index in [0.717, 1.165) is 6.42 Å². The quantitative estimate of drug-likeness (QED) is 0.677. The van der Waals surface area contributed by atoms with Gasteiger partial charge < -0.3 is 10.2 Å². The molecule has 72 valence electrons. The fourth-order valence-electron chi connectivity index (χ4n) is 1.53. The second-order valence-corrected chi connectivity index (χ2v) is 4.26. The molecule has 0 saturated heterocycles. The van der Waals surface area contributed by atoms with E-state index in [1.807, 2.05) is 6.92 Å². The van der Waals surface area contributed by atoms with Gasteiger partial charge >= 0.3 is 0 Å². The summed E-state index contributed by atoms with van der Waals surface area (Å²) < 4.78 is 0. The summed E-state index contributed by atoms with van der Waals surface area (Å²) in [6, 6.07) is 0. The highest BCUT2D eigenvalue weighted by atomic mass is 16.3. The molecule has 2 unspecified atom stereocenters. The fourth-order valence-corrected chi connectivity index (χ4v) is 1.53. The molecule has 0 aromatic rings. The highest BCUT2D eigenvalue weighted by molar-refractivity contribution is 4.84. The van der Waals surface area contributed by atoms with E-state index in [1.165, 1.54) is 19.3 Å². The summed E-state index contributed by atoms with van der Waals surface area (Å²) in [7, 11) is 0. The van der Waals surface area contributed by atoms with Gasteiger partial charge in [0.15, 0.2) is 0 Å². The van der Waals surface area contributed by atoms with E-state index >= 15 is 0 Å². The molecule has 0 aromatic carbocycles. The zero-order valence-corrected chi connectivity index (χ0v) is 8.08. The minimum Gasteiger partial charge on any atom is -0.390 e. The molecule has 2 nitrogen and oxygen atoms in total. The van der Waals surface area contributed by atoms with Gasteiger partial charge in [0.1, 0.15) is 0 Å². The number of aliphatic hydroxyl groups is 2. The Morgan fingerprint density at radius 3 is 2.42 bits per heavy atom. The van der Waals surface area contributed by atoms with Crippen molar-refractivity contribution in [2.45, 2.75) is 57.7 Å².